The fourth-order valence-electron chi connectivity index (χ4n) is 2.91. The minimum absolute atomic E-state index is 0.0585. The number of hydrogen-bond acceptors (Lipinski definition) is 3. The van der Waals surface area contributed by atoms with Gasteiger partial charge in [-0.3, -0.25) is 9.78 Å². The van der Waals surface area contributed by atoms with Crippen molar-refractivity contribution in [2.24, 2.45) is 5.92 Å². The number of benzene rings is 1. The maximum absolute atomic E-state index is 12.4. The van der Waals surface area contributed by atoms with E-state index in [4.69, 9.17) is 0 Å². The molecule has 2 aromatic rings. The predicted molar refractivity (Wildman–Crippen MR) is 91.0 cm³/mol. The number of nitrogens with zero attached hydrogens (tertiary/aromatic N) is 1. The normalized spacial score (nSPS) is 17.2. The molecule has 1 aliphatic rings. The lowest BCUT2D eigenvalue weighted by Gasteiger charge is -2.37. The molecule has 0 radical (unpaired) electrons. The molecule has 1 atom stereocenters. The van der Waals surface area contributed by atoms with Crippen molar-refractivity contribution in [2.75, 3.05) is 5.32 Å². The SMILES string of the molecule is Cc1ccc(NC(=O)[C@@](C)(O)C2CCC2)cc1-c1ccccn1. The summed E-state index contributed by atoms with van der Waals surface area (Å²) in [6.45, 7) is 3.63. The van der Waals surface area contributed by atoms with Crippen LogP contribution in [0.15, 0.2) is 42.6 Å². The molecule has 1 heterocycles. The summed E-state index contributed by atoms with van der Waals surface area (Å²) in [6.07, 6.45) is 4.66. The molecule has 0 aliphatic heterocycles. The molecule has 0 bridgehead atoms. The molecule has 4 heteroatoms. The lowest BCUT2D eigenvalue weighted by atomic mass is 9.73. The van der Waals surface area contributed by atoms with Crippen molar-refractivity contribution in [1.29, 1.82) is 0 Å². The first-order chi connectivity index (χ1) is 11.0. The van der Waals surface area contributed by atoms with Crippen LogP contribution in [-0.2, 0) is 4.79 Å². The molecule has 23 heavy (non-hydrogen) atoms. The number of nitrogens with one attached hydrogen (secondary N) is 1. The molecule has 120 valence electrons. The Kier molecular flexibility index (Phi) is 4.18. The second kappa shape index (κ2) is 6.13. The van der Waals surface area contributed by atoms with Crippen LogP contribution < -0.4 is 5.32 Å². The summed E-state index contributed by atoms with van der Waals surface area (Å²) in [5.41, 5.74) is 2.31. The number of hydrogen-bond donors (Lipinski definition) is 2. The van der Waals surface area contributed by atoms with Gasteiger partial charge in [0.2, 0.25) is 0 Å². The van der Waals surface area contributed by atoms with E-state index in [1.165, 1.54) is 0 Å². The van der Waals surface area contributed by atoms with Crippen molar-refractivity contribution >= 4 is 11.6 Å². The molecule has 1 aromatic heterocycles. The van der Waals surface area contributed by atoms with Crippen molar-refractivity contribution in [3.63, 3.8) is 0 Å². The molecule has 2 N–H and O–H groups in total. The molecule has 1 aromatic carbocycles. The second-order valence-corrected chi connectivity index (χ2v) is 6.47. The van der Waals surface area contributed by atoms with Gasteiger partial charge in [0.25, 0.3) is 5.91 Å². The highest BCUT2D eigenvalue weighted by Gasteiger charge is 2.42. The van der Waals surface area contributed by atoms with E-state index in [1.54, 1.807) is 13.1 Å². The molecule has 1 saturated carbocycles. The summed E-state index contributed by atoms with van der Waals surface area (Å²) < 4.78 is 0. The van der Waals surface area contributed by atoms with Gasteiger partial charge in [0.05, 0.1) is 5.69 Å². The van der Waals surface area contributed by atoms with Crippen LogP contribution in [0.4, 0.5) is 5.69 Å². The Labute approximate surface area is 136 Å². The van der Waals surface area contributed by atoms with E-state index >= 15 is 0 Å². The fourth-order valence-corrected chi connectivity index (χ4v) is 2.91. The Morgan fingerprint density at radius 1 is 1.30 bits per heavy atom. The van der Waals surface area contributed by atoms with Gasteiger partial charge in [-0.2, -0.15) is 0 Å². The van der Waals surface area contributed by atoms with Gasteiger partial charge in [-0.05, 0) is 62.4 Å². The van der Waals surface area contributed by atoms with E-state index in [9.17, 15) is 9.90 Å². The summed E-state index contributed by atoms with van der Waals surface area (Å²) in [5, 5.41) is 13.3. The summed E-state index contributed by atoms with van der Waals surface area (Å²) in [6, 6.07) is 11.5. The average Bonchev–Trinajstić information content (AvgIpc) is 2.48. The van der Waals surface area contributed by atoms with Gasteiger partial charge < -0.3 is 10.4 Å². The predicted octanol–water partition coefficient (Wildman–Crippen LogP) is 3.55. The summed E-state index contributed by atoms with van der Waals surface area (Å²) >= 11 is 0. The third-order valence-corrected chi connectivity index (χ3v) is 4.80. The summed E-state index contributed by atoms with van der Waals surface area (Å²) in [4.78, 5) is 16.8. The third-order valence-electron chi connectivity index (χ3n) is 4.80. The van der Waals surface area contributed by atoms with Crippen LogP contribution in [-0.4, -0.2) is 21.6 Å². The van der Waals surface area contributed by atoms with E-state index in [-0.39, 0.29) is 11.8 Å². The number of rotatable bonds is 4. The topological polar surface area (TPSA) is 62.2 Å². The van der Waals surface area contributed by atoms with Gasteiger partial charge in [-0.15, -0.1) is 0 Å². The van der Waals surface area contributed by atoms with Crippen LogP contribution in [0.1, 0.15) is 31.7 Å². The van der Waals surface area contributed by atoms with E-state index < -0.39 is 5.60 Å². The average molecular weight is 310 g/mol. The Bertz CT molecular complexity index is 707. The van der Waals surface area contributed by atoms with Crippen molar-refractivity contribution in [1.82, 2.24) is 4.98 Å². The first-order valence-electron chi connectivity index (χ1n) is 8.04. The van der Waals surface area contributed by atoms with Crippen LogP contribution >= 0.6 is 0 Å². The van der Waals surface area contributed by atoms with E-state index in [1.807, 2.05) is 43.3 Å². The van der Waals surface area contributed by atoms with Gasteiger partial charge in [0.1, 0.15) is 5.60 Å². The number of pyridine rings is 1. The third kappa shape index (κ3) is 3.13. The molecule has 0 unspecified atom stereocenters. The zero-order valence-electron chi connectivity index (χ0n) is 13.5. The molecule has 0 spiro atoms. The van der Waals surface area contributed by atoms with Crippen LogP contribution in [0.25, 0.3) is 11.3 Å². The van der Waals surface area contributed by atoms with Gasteiger partial charge >= 0.3 is 0 Å². The maximum atomic E-state index is 12.4. The van der Waals surface area contributed by atoms with Gasteiger partial charge in [-0.1, -0.05) is 18.6 Å². The standard InChI is InChI=1S/C19H22N2O2/c1-13-9-10-15(12-16(13)17-8-3-4-11-20-17)21-18(22)19(2,23)14-6-5-7-14/h3-4,8-12,14,23H,5-7H2,1-2H3,(H,21,22)/t19-/m0/s1. The molecule has 1 amide bonds. The van der Waals surface area contributed by atoms with E-state index in [0.29, 0.717) is 5.69 Å². The van der Waals surface area contributed by atoms with Gasteiger partial charge in [0, 0.05) is 17.4 Å². The van der Waals surface area contributed by atoms with Crippen molar-refractivity contribution in [3.05, 3.63) is 48.2 Å². The molecular formula is C19H22N2O2. The van der Waals surface area contributed by atoms with Gasteiger partial charge in [0.15, 0.2) is 0 Å². The zero-order chi connectivity index (χ0) is 16.4. The molecule has 4 nitrogen and oxygen atoms in total. The highest BCUT2D eigenvalue weighted by atomic mass is 16.3. The van der Waals surface area contributed by atoms with Crippen molar-refractivity contribution < 1.29 is 9.90 Å². The Balaban J connectivity index is 1.82. The zero-order valence-corrected chi connectivity index (χ0v) is 13.5. The Morgan fingerprint density at radius 2 is 2.09 bits per heavy atom. The summed E-state index contributed by atoms with van der Waals surface area (Å²) in [5.74, 6) is -0.277. The monoisotopic (exact) mass is 310 g/mol. The number of anilines is 1. The number of aromatic nitrogens is 1. The van der Waals surface area contributed by atoms with Crippen molar-refractivity contribution in [3.8, 4) is 11.3 Å². The number of aliphatic hydroxyl groups is 1. The first kappa shape index (κ1) is 15.7. The lowest BCUT2D eigenvalue weighted by Crippen LogP contribution is -2.49. The fraction of sp³-hybridized carbons (Fsp3) is 0.368. The molecule has 0 saturated heterocycles. The number of aryl methyl sites for hydroxylation is 1. The highest BCUT2D eigenvalue weighted by Crippen LogP contribution is 2.37. The summed E-state index contributed by atoms with van der Waals surface area (Å²) in [7, 11) is 0. The molecular weight excluding hydrogens is 288 g/mol. The smallest absolute Gasteiger partial charge is 0.256 e. The number of amides is 1. The Hall–Kier alpha value is -2.20. The highest BCUT2D eigenvalue weighted by molar-refractivity contribution is 5.97. The maximum Gasteiger partial charge on any atom is 0.256 e. The van der Waals surface area contributed by atoms with Crippen LogP contribution in [0.5, 0.6) is 0 Å². The number of carbonyl (C=O) groups is 1. The minimum Gasteiger partial charge on any atom is -0.380 e. The largest absolute Gasteiger partial charge is 0.380 e. The quantitative estimate of drug-likeness (QED) is 0.908. The molecule has 1 aliphatic carbocycles. The lowest BCUT2D eigenvalue weighted by molar-refractivity contribution is -0.141. The second-order valence-electron chi connectivity index (χ2n) is 6.47. The van der Waals surface area contributed by atoms with Gasteiger partial charge in [-0.25, -0.2) is 0 Å². The molecule has 3 rings (SSSR count). The van der Waals surface area contributed by atoms with E-state index in [0.717, 1.165) is 36.1 Å². The van der Waals surface area contributed by atoms with E-state index in [2.05, 4.69) is 10.3 Å². The Morgan fingerprint density at radius 3 is 2.70 bits per heavy atom. The minimum atomic E-state index is -1.31. The molecule has 1 fully saturated rings. The van der Waals surface area contributed by atoms with Crippen LogP contribution in [0.2, 0.25) is 0 Å². The van der Waals surface area contributed by atoms with Crippen LogP contribution in [0.3, 0.4) is 0 Å². The number of carbonyl (C=O) groups excluding carboxylic acids is 1. The first-order valence-corrected chi connectivity index (χ1v) is 8.04. The van der Waals surface area contributed by atoms with Crippen LogP contribution in [0, 0.1) is 12.8 Å². The van der Waals surface area contributed by atoms with Crippen molar-refractivity contribution in [2.45, 2.75) is 38.7 Å².